The van der Waals surface area contributed by atoms with Crippen LogP contribution in [0.25, 0.3) is 22.3 Å². The highest BCUT2D eigenvalue weighted by molar-refractivity contribution is 5.94. The monoisotopic (exact) mass is 542 g/mol. The van der Waals surface area contributed by atoms with Crippen LogP contribution in [0.4, 0.5) is 17.5 Å². The number of hydrogen-bond acceptors (Lipinski definition) is 9. The molecule has 0 bridgehead atoms. The topological polar surface area (TPSA) is 110 Å². The SMILES string of the molecule is CNC(=O)c1ccc(Nc2cc(-c3ccc4ncn(CCN5CCOCC5)c4c3)nc(N3CCOCC3)n2)cc1. The van der Waals surface area contributed by atoms with Gasteiger partial charge >= 0.3 is 0 Å². The lowest BCUT2D eigenvalue weighted by Crippen LogP contribution is -2.38. The highest BCUT2D eigenvalue weighted by atomic mass is 16.5. The first-order chi connectivity index (χ1) is 19.7. The number of anilines is 3. The number of fused-ring (bicyclic) bond motifs is 1. The van der Waals surface area contributed by atoms with E-state index < -0.39 is 0 Å². The van der Waals surface area contributed by atoms with Crippen LogP contribution in [0.2, 0.25) is 0 Å². The van der Waals surface area contributed by atoms with E-state index in [0.717, 1.165) is 80.5 Å². The molecule has 2 N–H and O–H groups in total. The summed E-state index contributed by atoms with van der Waals surface area (Å²) >= 11 is 0. The van der Waals surface area contributed by atoms with Gasteiger partial charge in [-0.1, -0.05) is 6.07 Å². The number of rotatable bonds is 8. The van der Waals surface area contributed by atoms with Crippen LogP contribution in [-0.4, -0.2) is 96.5 Å². The molecule has 1 amide bonds. The Bertz CT molecular complexity index is 1460. The van der Waals surface area contributed by atoms with E-state index in [9.17, 15) is 4.79 Å². The van der Waals surface area contributed by atoms with E-state index in [0.29, 0.717) is 30.5 Å². The maximum Gasteiger partial charge on any atom is 0.251 e. The molecule has 0 radical (unpaired) electrons. The Balaban J connectivity index is 1.30. The summed E-state index contributed by atoms with van der Waals surface area (Å²) in [5.74, 6) is 1.22. The number of morpholine rings is 2. The predicted octanol–water partition coefficient (Wildman–Crippen LogP) is 2.77. The second-order valence-corrected chi connectivity index (χ2v) is 9.91. The fourth-order valence-corrected chi connectivity index (χ4v) is 5.02. The summed E-state index contributed by atoms with van der Waals surface area (Å²) in [5.41, 5.74) is 5.30. The van der Waals surface area contributed by atoms with Gasteiger partial charge in [0.1, 0.15) is 5.82 Å². The Morgan fingerprint density at radius 3 is 2.40 bits per heavy atom. The second-order valence-electron chi connectivity index (χ2n) is 9.91. The van der Waals surface area contributed by atoms with Crippen LogP contribution in [0.5, 0.6) is 0 Å². The van der Waals surface area contributed by atoms with Crippen LogP contribution in [0, 0.1) is 0 Å². The van der Waals surface area contributed by atoms with E-state index >= 15 is 0 Å². The standard InChI is InChI=1S/C29H34N8O3/c1-30-28(38)21-2-5-23(6-3-21)32-27-19-25(33-29(34-27)36-12-16-40-17-13-36)22-4-7-24-26(18-22)37(20-31-24)9-8-35-10-14-39-15-11-35/h2-7,18-20H,8-17H2,1H3,(H,30,38)(H,32,33,34). The van der Waals surface area contributed by atoms with Gasteiger partial charge in [-0.05, 0) is 36.4 Å². The van der Waals surface area contributed by atoms with E-state index in [1.54, 1.807) is 19.2 Å². The van der Waals surface area contributed by atoms with Gasteiger partial charge in [0.25, 0.3) is 5.91 Å². The fraction of sp³-hybridized carbons (Fsp3) is 0.379. The summed E-state index contributed by atoms with van der Waals surface area (Å²) in [7, 11) is 1.62. The van der Waals surface area contributed by atoms with Gasteiger partial charge in [0.2, 0.25) is 5.95 Å². The average molecular weight is 543 g/mol. The molecule has 2 aromatic carbocycles. The molecule has 0 spiro atoms. The van der Waals surface area contributed by atoms with Crippen LogP contribution in [0.15, 0.2) is 54.9 Å². The number of nitrogens with one attached hydrogen (secondary N) is 2. The smallest absolute Gasteiger partial charge is 0.251 e. The van der Waals surface area contributed by atoms with Gasteiger partial charge in [-0.2, -0.15) is 4.98 Å². The molecule has 0 unspecified atom stereocenters. The third kappa shape index (κ3) is 5.91. The molecule has 0 aliphatic carbocycles. The van der Waals surface area contributed by atoms with Gasteiger partial charge < -0.3 is 29.6 Å². The number of amides is 1. The lowest BCUT2D eigenvalue weighted by molar-refractivity contribution is 0.0365. The Kier molecular flexibility index (Phi) is 7.85. The molecule has 2 aromatic heterocycles. The molecule has 208 valence electrons. The van der Waals surface area contributed by atoms with Crippen molar-refractivity contribution in [3.8, 4) is 11.3 Å². The summed E-state index contributed by atoms with van der Waals surface area (Å²) in [4.78, 5) is 31.0. The summed E-state index contributed by atoms with van der Waals surface area (Å²) < 4.78 is 13.3. The number of hydrogen-bond donors (Lipinski definition) is 2. The summed E-state index contributed by atoms with van der Waals surface area (Å²) in [6, 6.07) is 15.6. The lowest BCUT2D eigenvalue weighted by atomic mass is 10.1. The molecule has 11 heteroatoms. The van der Waals surface area contributed by atoms with Gasteiger partial charge in [0, 0.05) is 69.2 Å². The molecule has 2 fully saturated rings. The van der Waals surface area contributed by atoms with Crippen LogP contribution >= 0.6 is 0 Å². The Morgan fingerprint density at radius 1 is 0.900 bits per heavy atom. The predicted molar refractivity (Wildman–Crippen MR) is 154 cm³/mol. The van der Waals surface area contributed by atoms with Gasteiger partial charge in [0.15, 0.2) is 0 Å². The Labute approximate surface area is 233 Å². The maximum absolute atomic E-state index is 11.9. The van der Waals surface area contributed by atoms with Crippen molar-refractivity contribution >= 4 is 34.4 Å². The molecule has 40 heavy (non-hydrogen) atoms. The van der Waals surface area contributed by atoms with Crippen molar-refractivity contribution < 1.29 is 14.3 Å². The van der Waals surface area contributed by atoms with Crippen molar-refractivity contribution in [3.63, 3.8) is 0 Å². The lowest BCUT2D eigenvalue weighted by Gasteiger charge is -2.27. The Hall–Kier alpha value is -4.06. The first-order valence-corrected chi connectivity index (χ1v) is 13.7. The van der Waals surface area contributed by atoms with Crippen molar-refractivity contribution in [2.45, 2.75) is 6.54 Å². The van der Waals surface area contributed by atoms with Crippen molar-refractivity contribution in [1.82, 2.24) is 29.7 Å². The molecule has 0 saturated carbocycles. The van der Waals surface area contributed by atoms with E-state index in [4.69, 9.17) is 19.4 Å². The number of imidazole rings is 1. The number of nitrogens with zero attached hydrogens (tertiary/aromatic N) is 6. The van der Waals surface area contributed by atoms with E-state index in [2.05, 4.69) is 48.2 Å². The molecule has 2 aliphatic rings. The quantitative estimate of drug-likeness (QED) is 0.347. The summed E-state index contributed by atoms with van der Waals surface area (Å²) in [5, 5.41) is 6.05. The van der Waals surface area contributed by atoms with Gasteiger partial charge in [-0.15, -0.1) is 0 Å². The number of carbonyl (C=O) groups is 1. The van der Waals surface area contributed by atoms with Gasteiger partial charge in [-0.3, -0.25) is 9.69 Å². The first-order valence-electron chi connectivity index (χ1n) is 13.7. The Morgan fingerprint density at radius 2 is 1.65 bits per heavy atom. The zero-order valence-corrected chi connectivity index (χ0v) is 22.7. The van der Waals surface area contributed by atoms with Crippen LogP contribution in [0.1, 0.15) is 10.4 Å². The van der Waals surface area contributed by atoms with Crippen LogP contribution < -0.4 is 15.5 Å². The van der Waals surface area contributed by atoms with Crippen molar-refractivity contribution in [2.75, 3.05) is 76.4 Å². The second kappa shape index (κ2) is 12.0. The number of carbonyl (C=O) groups excluding carboxylic acids is 1. The first kappa shape index (κ1) is 26.2. The average Bonchev–Trinajstić information content (AvgIpc) is 3.43. The van der Waals surface area contributed by atoms with Crippen LogP contribution in [0.3, 0.4) is 0 Å². The minimum absolute atomic E-state index is 0.120. The molecule has 2 aliphatic heterocycles. The van der Waals surface area contributed by atoms with Crippen molar-refractivity contribution in [2.24, 2.45) is 0 Å². The number of benzene rings is 2. The summed E-state index contributed by atoms with van der Waals surface area (Å²) in [6.07, 6.45) is 1.92. The van der Waals surface area contributed by atoms with Gasteiger partial charge in [-0.25, -0.2) is 9.97 Å². The zero-order chi connectivity index (χ0) is 27.3. The highest BCUT2D eigenvalue weighted by Crippen LogP contribution is 2.28. The highest BCUT2D eigenvalue weighted by Gasteiger charge is 2.18. The van der Waals surface area contributed by atoms with E-state index in [-0.39, 0.29) is 5.91 Å². The zero-order valence-electron chi connectivity index (χ0n) is 22.7. The van der Waals surface area contributed by atoms with Crippen molar-refractivity contribution in [3.05, 3.63) is 60.4 Å². The molecule has 6 rings (SSSR count). The van der Waals surface area contributed by atoms with Crippen molar-refractivity contribution in [1.29, 1.82) is 0 Å². The molecular weight excluding hydrogens is 508 g/mol. The fourth-order valence-electron chi connectivity index (χ4n) is 5.02. The molecule has 4 heterocycles. The minimum Gasteiger partial charge on any atom is -0.379 e. The van der Waals surface area contributed by atoms with Crippen LogP contribution in [-0.2, 0) is 16.0 Å². The van der Waals surface area contributed by atoms with E-state index in [1.807, 2.05) is 24.5 Å². The largest absolute Gasteiger partial charge is 0.379 e. The normalized spacial score (nSPS) is 16.3. The number of ether oxygens (including phenoxy) is 2. The third-order valence-corrected chi connectivity index (χ3v) is 7.33. The number of aromatic nitrogens is 4. The molecule has 4 aromatic rings. The molecule has 2 saturated heterocycles. The van der Waals surface area contributed by atoms with E-state index in [1.165, 1.54) is 0 Å². The van der Waals surface area contributed by atoms with Gasteiger partial charge in [0.05, 0.1) is 49.5 Å². The molecule has 0 atom stereocenters. The third-order valence-electron chi connectivity index (χ3n) is 7.33. The molecular formula is C29H34N8O3. The summed E-state index contributed by atoms with van der Waals surface area (Å²) in [6.45, 7) is 8.10. The minimum atomic E-state index is -0.120. The molecule has 11 nitrogen and oxygen atoms in total. The maximum atomic E-state index is 11.9.